The quantitative estimate of drug-likeness (QED) is 0.395. The summed E-state index contributed by atoms with van der Waals surface area (Å²) >= 11 is 0. The molecule has 0 saturated heterocycles. The van der Waals surface area contributed by atoms with Crippen LogP contribution in [0.2, 0.25) is 0 Å². The molecule has 6 N–H and O–H groups in total. The smallest absolute Gasteiger partial charge is 0.165 e. The zero-order chi connectivity index (χ0) is 11.1. The van der Waals surface area contributed by atoms with Crippen molar-refractivity contribution in [3.63, 3.8) is 0 Å². The van der Waals surface area contributed by atoms with Crippen LogP contribution in [0.5, 0.6) is 0 Å². The zero-order valence-corrected chi connectivity index (χ0v) is 7.65. The Balaban J connectivity index is 5.22. The third-order valence-corrected chi connectivity index (χ3v) is 1.32. The Morgan fingerprint density at radius 3 is 2.14 bits per heavy atom. The number of aliphatic imine (C=N–C) groups is 1. The SMILES string of the molecule is C\C=C(N)/C(C#N)=N\C(N)=C(/N)C#N. The molecule has 0 aliphatic heterocycles. The molecule has 0 unspecified atom stereocenters. The summed E-state index contributed by atoms with van der Waals surface area (Å²) in [6.07, 6.45) is 1.50. The molecule has 0 rings (SSSR count). The third kappa shape index (κ3) is 2.88. The first kappa shape index (κ1) is 11.5. The maximum absolute atomic E-state index is 8.63. The maximum atomic E-state index is 8.63. The highest BCUT2D eigenvalue weighted by atomic mass is 14.9. The Hall–Kier alpha value is -2.47. The van der Waals surface area contributed by atoms with Crippen molar-refractivity contribution in [3.8, 4) is 12.1 Å². The Kier molecular flexibility index (Phi) is 4.30. The van der Waals surface area contributed by atoms with Crippen molar-refractivity contribution < 1.29 is 0 Å². The van der Waals surface area contributed by atoms with E-state index in [9.17, 15) is 0 Å². The van der Waals surface area contributed by atoms with Gasteiger partial charge in [-0.2, -0.15) is 10.5 Å². The van der Waals surface area contributed by atoms with Crippen LogP contribution in [0.4, 0.5) is 0 Å². The van der Waals surface area contributed by atoms with Crippen molar-refractivity contribution >= 4 is 5.71 Å². The van der Waals surface area contributed by atoms with Crippen molar-refractivity contribution in [2.45, 2.75) is 6.92 Å². The molecule has 0 heterocycles. The monoisotopic (exact) mass is 190 g/mol. The Morgan fingerprint density at radius 1 is 1.21 bits per heavy atom. The number of nitrogens with two attached hydrogens (primary N) is 3. The van der Waals surface area contributed by atoms with Gasteiger partial charge >= 0.3 is 0 Å². The van der Waals surface area contributed by atoms with Crippen molar-refractivity contribution in [2.24, 2.45) is 22.2 Å². The van der Waals surface area contributed by atoms with Crippen molar-refractivity contribution in [1.82, 2.24) is 0 Å². The van der Waals surface area contributed by atoms with E-state index >= 15 is 0 Å². The Morgan fingerprint density at radius 2 is 1.79 bits per heavy atom. The van der Waals surface area contributed by atoms with Crippen LogP contribution in [0.1, 0.15) is 6.92 Å². The molecule has 0 amide bonds. The lowest BCUT2D eigenvalue weighted by Gasteiger charge is -1.97. The first-order valence-electron chi connectivity index (χ1n) is 3.63. The molecule has 0 fully saturated rings. The predicted octanol–water partition coefficient (Wildman–Crippen LogP) is -0.576. The second-order valence-electron chi connectivity index (χ2n) is 2.23. The Labute approximate surface area is 81.6 Å². The topological polar surface area (TPSA) is 138 Å². The minimum absolute atomic E-state index is 0.0665. The zero-order valence-electron chi connectivity index (χ0n) is 7.65. The minimum atomic E-state index is -0.248. The molecule has 72 valence electrons. The van der Waals surface area contributed by atoms with E-state index in [4.69, 9.17) is 27.7 Å². The van der Waals surface area contributed by atoms with E-state index in [0.29, 0.717) is 0 Å². The van der Waals surface area contributed by atoms with E-state index in [1.807, 2.05) is 0 Å². The van der Waals surface area contributed by atoms with E-state index in [0.717, 1.165) is 0 Å². The van der Waals surface area contributed by atoms with Crippen LogP contribution >= 0.6 is 0 Å². The summed E-state index contributed by atoms with van der Waals surface area (Å²) in [5.41, 5.74) is 15.8. The largest absolute Gasteiger partial charge is 0.397 e. The summed E-state index contributed by atoms with van der Waals surface area (Å²) in [5.74, 6) is -0.214. The van der Waals surface area contributed by atoms with Crippen LogP contribution in [0.15, 0.2) is 28.3 Å². The second kappa shape index (κ2) is 5.22. The van der Waals surface area contributed by atoms with E-state index < -0.39 is 0 Å². The minimum Gasteiger partial charge on any atom is -0.397 e. The molecule has 0 radical (unpaired) electrons. The summed E-state index contributed by atoms with van der Waals surface area (Å²) < 4.78 is 0. The number of hydrogen-bond donors (Lipinski definition) is 3. The lowest BCUT2D eigenvalue weighted by Crippen LogP contribution is -2.13. The molecule has 0 spiro atoms. The lowest BCUT2D eigenvalue weighted by molar-refractivity contribution is 1.16. The van der Waals surface area contributed by atoms with Gasteiger partial charge in [0.15, 0.2) is 17.2 Å². The molecule has 6 heteroatoms. The fourth-order valence-corrected chi connectivity index (χ4v) is 0.529. The van der Waals surface area contributed by atoms with Gasteiger partial charge in [0.1, 0.15) is 12.1 Å². The van der Waals surface area contributed by atoms with Gasteiger partial charge in [0.2, 0.25) is 0 Å². The van der Waals surface area contributed by atoms with Crippen molar-refractivity contribution in [2.75, 3.05) is 0 Å². The highest BCUT2D eigenvalue weighted by Crippen LogP contribution is 1.96. The fourth-order valence-electron chi connectivity index (χ4n) is 0.529. The highest BCUT2D eigenvalue weighted by molar-refractivity contribution is 6.11. The number of rotatable bonds is 2. The van der Waals surface area contributed by atoms with E-state index in [1.54, 1.807) is 19.1 Å². The lowest BCUT2D eigenvalue weighted by atomic mass is 10.3. The number of hydrogen-bond acceptors (Lipinski definition) is 6. The molecule has 0 aromatic rings. The van der Waals surface area contributed by atoms with Crippen LogP contribution in [0.25, 0.3) is 0 Å². The molecule has 0 atom stereocenters. The van der Waals surface area contributed by atoms with Gasteiger partial charge in [-0.15, -0.1) is 0 Å². The number of nitriles is 2. The second-order valence-corrected chi connectivity index (χ2v) is 2.23. The van der Waals surface area contributed by atoms with Gasteiger partial charge in [0.05, 0.1) is 5.70 Å². The average Bonchev–Trinajstić information content (AvgIpc) is 2.22. The molecule has 0 aromatic heterocycles. The molecule has 14 heavy (non-hydrogen) atoms. The van der Waals surface area contributed by atoms with Gasteiger partial charge in [-0.1, -0.05) is 6.08 Å². The van der Waals surface area contributed by atoms with Crippen molar-refractivity contribution in [1.29, 1.82) is 10.5 Å². The molecular formula is C8H10N6. The van der Waals surface area contributed by atoms with Gasteiger partial charge in [-0.25, -0.2) is 4.99 Å². The molecule has 6 nitrogen and oxygen atoms in total. The van der Waals surface area contributed by atoms with E-state index in [1.165, 1.54) is 6.08 Å². The van der Waals surface area contributed by atoms with Crippen LogP contribution in [-0.4, -0.2) is 5.71 Å². The molecule has 0 aliphatic rings. The van der Waals surface area contributed by atoms with Crippen LogP contribution in [0.3, 0.4) is 0 Å². The van der Waals surface area contributed by atoms with E-state index in [-0.39, 0.29) is 22.9 Å². The van der Waals surface area contributed by atoms with Gasteiger partial charge in [0.25, 0.3) is 0 Å². The van der Waals surface area contributed by atoms with Gasteiger partial charge in [-0.05, 0) is 6.92 Å². The van der Waals surface area contributed by atoms with Crippen LogP contribution < -0.4 is 17.2 Å². The summed E-state index contributed by atoms with van der Waals surface area (Å²) in [6.45, 7) is 1.65. The fraction of sp³-hybridized carbons (Fsp3) is 0.125. The standard InChI is InChI=1S/C8H10N6/c1-2-5(11)7(4-10)14-8(13)6(12)3-9/h2H,11-13H2,1H3/b5-2+,8-6-,14-7-. The molecule has 0 saturated carbocycles. The molecule has 0 aromatic carbocycles. The normalized spacial score (nSPS) is 13.9. The van der Waals surface area contributed by atoms with Gasteiger partial charge in [0, 0.05) is 0 Å². The van der Waals surface area contributed by atoms with Crippen LogP contribution in [-0.2, 0) is 0 Å². The number of nitrogens with zero attached hydrogens (tertiary/aromatic N) is 3. The molecule has 0 bridgehead atoms. The third-order valence-electron chi connectivity index (χ3n) is 1.32. The van der Waals surface area contributed by atoms with Gasteiger partial charge in [-0.3, -0.25) is 0 Å². The van der Waals surface area contributed by atoms with Crippen molar-refractivity contribution in [3.05, 3.63) is 23.3 Å². The van der Waals surface area contributed by atoms with Gasteiger partial charge < -0.3 is 17.2 Å². The predicted molar refractivity (Wildman–Crippen MR) is 52.0 cm³/mol. The van der Waals surface area contributed by atoms with E-state index in [2.05, 4.69) is 4.99 Å². The first-order chi connectivity index (χ1) is 6.56. The molecular weight excluding hydrogens is 180 g/mol. The average molecular weight is 190 g/mol. The summed E-state index contributed by atoms with van der Waals surface area (Å²) in [5, 5.41) is 17.0. The maximum Gasteiger partial charge on any atom is 0.165 e. The first-order valence-corrected chi connectivity index (χ1v) is 3.63. The summed E-state index contributed by atoms with van der Waals surface area (Å²) in [4.78, 5) is 3.61. The molecule has 0 aliphatic carbocycles. The summed E-state index contributed by atoms with van der Waals surface area (Å²) in [7, 11) is 0. The Bertz CT molecular complexity index is 387. The summed E-state index contributed by atoms with van der Waals surface area (Å²) in [6, 6.07) is 3.35. The number of allylic oxidation sites excluding steroid dienone is 3. The highest BCUT2D eigenvalue weighted by Gasteiger charge is 2.02. The van der Waals surface area contributed by atoms with Crippen LogP contribution in [0, 0.1) is 22.7 Å².